The van der Waals surface area contributed by atoms with Gasteiger partial charge in [0.2, 0.25) is 0 Å². The van der Waals surface area contributed by atoms with Crippen molar-refractivity contribution in [1.29, 1.82) is 0 Å². The maximum absolute atomic E-state index is 13.1. The highest BCUT2D eigenvalue weighted by Gasteiger charge is 2.27. The van der Waals surface area contributed by atoms with E-state index in [2.05, 4.69) is 15.0 Å². The van der Waals surface area contributed by atoms with Gasteiger partial charge in [0.15, 0.2) is 5.82 Å². The molecule has 0 spiro atoms. The van der Waals surface area contributed by atoms with Crippen molar-refractivity contribution in [2.75, 3.05) is 29.9 Å². The van der Waals surface area contributed by atoms with Crippen molar-refractivity contribution < 1.29 is 4.79 Å². The van der Waals surface area contributed by atoms with Crippen LogP contribution in [0.2, 0.25) is 5.02 Å². The molecule has 1 aromatic carbocycles. The van der Waals surface area contributed by atoms with E-state index in [0.717, 1.165) is 17.9 Å². The van der Waals surface area contributed by atoms with E-state index in [-0.39, 0.29) is 5.91 Å². The molecular formula is C18H16ClN5O. The van der Waals surface area contributed by atoms with E-state index in [1.54, 1.807) is 28.0 Å². The topological polar surface area (TPSA) is 54.3 Å². The zero-order chi connectivity index (χ0) is 17.4. The van der Waals surface area contributed by atoms with Gasteiger partial charge in [-0.15, -0.1) is 0 Å². The molecule has 0 aliphatic carbocycles. The monoisotopic (exact) mass is 353 g/mol. The van der Waals surface area contributed by atoms with Crippen LogP contribution in [-0.2, 0) is 0 Å². The van der Waals surface area contributed by atoms with Crippen molar-refractivity contribution in [1.82, 2.24) is 14.8 Å². The lowest BCUT2D eigenvalue weighted by Gasteiger charge is -2.35. The first-order valence-electron chi connectivity index (χ1n) is 7.93. The highest BCUT2D eigenvalue weighted by atomic mass is 35.5. The van der Waals surface area contributed by atoms with Gasteiger partial charge in [-0.05, 0) is 36.4 Å². The van der Waals surface area contributed by atoms with E-state index in [1.807, 2.05) is 43.4 Å². The summed E-state index contributed by atoms with van der Waals surface area (Å²) >= 11 is 6.15. The van der Waals surface area contributed by atoms with Crippen LogP contribution in [0.1, 0.15) is 10.5 Å². The lowest BCUT2D eigenvalue weighted by Crippen LogP contribution is -2.43. The molecule has 0 fully saturated rings. The number of benzene rings is 1. The predicted molar refractivity (Wildman–Crippen MR) is 97.8 cm³/mol. The largest absolute Gasteiger partial charge is 0.371 e. The smallest absolute Gasteiger partial charge is 0.277 e. The Kier molecular flexibility index (Phi) is 3.89. The van der Waals surface area contributed by atoms with Crippen LogP contribution in [0.4, 0.5) is 11.4 Å². The lowest BCUT2D eigenvalue weighted by molar-refractivity contribution is 0.0982. The number of fused-ring (bicyclic) bond motifs is 1. The number of pyridine rings is 1. The SMILES string of the molecule is CN1CCN(C(=O)c2cccc(-n3cccn3)n2)c2cc(Cl)ccc21. The fourth-order valence-electron chi connectivity index (χ4n) is 2.95. The van der Waals surface area contributed by atoms with Crippen molar-refractivity contribution >= 4 is 28.9 Å². The molecule has 0 saturated carbocycles. The average molecular weight is 354 g/mol. The number of nitrogens with zero attached hydrogens (tertiary/aromatic N) is 5. The van der Waals surface area contributed by atoms with Crippen molar-refractivity contribution in [3.05, 3.63) is 65.6 Å². The molecule has 1 amide bonds. The second kappa shape index (κ2) is 6.22. The van der Waals surface area contributed by atoms with Gasteiger partial charge in [-0.25, -0.2) is 9.67 Å². The van der Waals surface area contributed by atoms with Crippen LogP contribution in [0.5, 0.6) is 0 Å². The van der Waals surface area contributed by atoms with Crippen LogP contribution < -0.4 is 9.80 Å². The summed E-state index contributed by atoms with van der Waals surface area (Å²) in [5, 5.41) is 4.76. The Balaban J connectivity index is 1.72. The van der Waals surface area contributed by atoms with Crippen molar-refractivity contribution in [3.63, 3.8) is 0 Å². The summed E-state index contributed by atoms with van der Waals surface area (Å²) in [5.41, 5.74) is 2.16. The number of halogens is 1. The number of rotatable bonds is 2. The first kappa shape index (κ1) is 15.7. The fraction of sp³-hybridized carbons (Fsp3) is 0.167. The third-order valence-corrected chi connectivity index (χ3v) is 4.47. The molecule has 1 aliphatic heterocycles. The number of carbonyl (C=O) groups excluding carboxylic acids is 1. The number of likely N-dealkylation sites (N-methyl/N-ethyl adjacent to an activating group) is 1. The molecule has 6 nitrogen and oxygen atoms in total. The Morgan fingerprint density at radius 3 is 2.80 bits per heavy atom. The van der Waals surface area contributed by atoms with E-state index in [9.17, 15) is 4.79 Å². The van der Waals surface area contributed by atoms with Crippen molar-refractivity contribution in [2.24, 2.45) is 0 Å². The molecule has 0 atom stereocenters. The molecule has 126 valence electrons. The molecule has 0 bridgehead atoms. The summed E-state index contributed by atoms with van der Waals surface area (Å²) in [6.45, 7) is 1.33. The van der Waals surface area contributed by atoms with Gasteiger partial charge < -0.3 is 9.80 Å². The summed E-state index contributed by atoms with van der Waals surface area (Å²) in [7, 11) is 2.01. The number of amides is 1. The van der Waals surface area contributed by atoms with E-state index < -0.39 is 0 Å². The third kappa shape index (κ3) is 2.85. The molecule has 7 heteroatoms. The van der Waals surface area contributed by atoms with E-state index in [1.165, 1.54) is 0 Å². The van der Waals surface area contributed by atoms with Crippen LogP contribution in [0.25, 0.3) is 5.82 Å². The van der Waals surface area contributed by atoms with Crippen LogP contribution >= 0.6 is 11.6 Å². The van der Waals surface area contributed by atoms with Crippen molar-refractivity contribution in [3.8, 4) is 5.82 Å². The predicted octanol–water partition coefficient (Wildman–Crippen LogP) is 3.02. The highest BCUT2D eigenvalue weighted by Crippen LogP contribution is 2.35. The molecule has 0 unspecified atom stereocenters. The van der Waals surface area contributed by atoms with Gasteiger partial charge in [0, 0.05) is 37.6 Å². The van der Waals surface area contributed by atoms with E-state index in [4.69, 9.17) is 11.6 Å². The van der Waals surface area contributed by atoms with Gasteiger partial charge in [0.25, 0.3) is 5.91 Å². The third-order valence-electron chi connectivity index (χ3n) is 4.24. The minimum atomic E-state index is -0.148. The molecule has 4 rings (SSSR count). The van der Waals surface area contributed by atoms with Gasteiger partial charge >= 0.3 is 0 Å². The summed E-state index contributed by atoms with van der Waals surface area (Å²) in [6, 6.07) is 12.8. The van der Waals surface area contributed by atoms with Gasteiger partial charge in [-0.3, -0.25) is 4.79 Å². The fourth-order valence-corrected chi connectivity index (χ4v) is 3.12. The quantitative estimate of drug-likeness (QED) is 0.710. The Morgan fingerprint density at radius 1 is 1.12 bits per heavy atom. The average Bonchev–Trinajstić information content (AvgIpc) is 3.16. The second-order valence-electron chi connectivity index (χ2n) is 5.84. The summed E-state index contributed by atoms with van der Waals surface area (Å²) < 4.78 is 1.63. The molecule has 2 aromatic heterocycles. The molecule has 3 aromatic rings. The maximum atomic E-state index is 13.1. The first-order chi connectivity index (χ1) is 12.1. The van der Waals surface area contributed by atoms with Crippen molar-refractivity contribution in [2.45, 2.75) is 0 Å². The molecule has 25 heavy (non-hydrogen) atoms. The Bertz CT molecular complexity index is 925. The van der Waals surface area contributed by atoms with Crippen LogP contribution in [0.3, 0.4) is 0 Å². The normalized spacial score (nSPS) is 13.7. The van der Waals surface area contributed by atoms with E-state index >= 15 is 0 Å². The Labute approximate surface area is 150 Å². The maximum Gasteiger partial charge on any atom is 0.277 e. The minimum absolute atomic E-state index is 0.148. The van der Waals surface area contributed by atoms with Gasteiger partial charge in [0.1, 0.15) is 5.69 Å². The second-order valence-corrected chi connectivity index (χ2v) is 6.28. The molecule has 1 aliphatic rings. The van der Waals surface area contributed by atoms with Gasteiger partial charge in [0.05, 0.1) is 11.4 Å². The minimum Gasteiger partial charge on any atom is -0.371 e. The molecule has 0 radical (unpaired) electrons. The van der Waals surface area contributed by atoms with Gasteiger partial charge in [-0.2, -0.15) is 5.10 Å². The van der Waals surface area contributed by atoms with Crippen LogP contribution in [0.15, 0.2) is 54.9 Å². The standard InChI is InChI=1S/C18H16ClN5O/c1-22-10-11-23(16-12-13(19)6-7-15(16)22)18(25)14-4-2-5-17(21-14)24-9-3-8-20-24/h2-9,12H,10-11H2,1H3. The Hall–Kier alpha value is -2.86. The van der Waals surface area contributed by atoms with Gasteiger partial charge in [-0.1, -0.05) is 17.7 Å². The van der Waals surface area contributed by atoms with Crippen LogP contribution in [0, 0.1) is 0 Å². The zero-order valence-corrected chi connectivity index (χ0v) is 14.4. The number of aromatic nitrogens is 3. The number of hydrogen-bond donors (Lipinski definition) is 0. The highest BCUT2D eigenvalue weighted by molar-refractivity contribution is 6.31. The summed E-state index contributed by atoms with van der Waals surface area (Å²) in [5.74, 6) is 0.460. The number of anilines is 2. The lowest BCUT2D eigenvalue weighted by atomic mass is 10.1. The molecular weight excluding hydrogens is 338 g/mol. The number of carbonyl (C=O) groups is 1. The molecule has 3 heterocycles. The molecule has 0 saturated heterocycles. The molecule has 0 N–H and O–H groups in total. The summed E-state index contributed by atoms with van der Waals surface area (Å²) in [4.78, 5) is 21.4. The Morgan fingerprint density at radius 2 is 2.00 bits per heavy atom. The van der Waals surface area contributed by atoms with Crippen LogP contribution in [-0.4, -0.2) is 40.8 Å². The van der Waals surface area contributed by atoms with E-state index in [0.29, 0.717) is 23.1 Å². The summed E-state index contributed by atoms with van der Waals surface area (Å²) in [6.07, 6.45) is 3.47. The zero-order valence-electron chi connectivity index (χ0n) is 13.6. The number of hydrogen-bond acceptors (Lipinski definition) is 4. The first-order valence-corrected chi connectivity index (χ1v) is 8.31.